The smallest absolute Gasteiger partial charge is 0.255 e. The first-order chi connectivity index (χ1) is 13.4. The molecule has 0 bridgehead atoms. The van der Waals surface area contributed by atoms with E-state index in [1.54, 1.807) is 44.6 Å². The highest BCUT2D eigenvalue weighted by Gasteiger charge is 2.30. The van der Waals surface area contributed by atoms with Gasteiger partial charge in [-0.15, -0.1) is 0 Å². The largest absolute Gasteiger partial charge is 0.493 e. The van der Waals surface area contributed by atoms with Crippen molar-refractivity contribution < 1.29 is 14.3 Å². The van der Waals surface area contributed by atoms with Crippen LogP contribution < -0.4 is 25.4 Å². The molecule has 0 aromatic heterocycles. The average molecular weight is 418 g/mol. The molecule has 2 aromatic rings. The van der Waals surface area contributed by atoms with E-state index in [2.05, 4.69) is 16.0 Å². The van der Waals surface area contributed by atoms with Gasteiger partial charge in [-0.1, -0.05) is 29.8 Å². The normalized spacial score (nSPS) is 16.1. The van der Waals surface area contributed by atoms with Gasteiger partial charge in [-0.2, -0.15) is 0 Å². The summed E-state index contributed by atoms with van der Waals surface area (Å²) in [5.74, 6) is 0.883. The van der Waals surface area contributed by atoms with Crippen LogP contribution in [0.2, 0.25) is 5.02 Å². The number of allylic oxidation sites excluding steroid dienone is 1. The highest BCUT2D eigenvalue weighted by atomic mass is 35.5. The fraction of sp³-hybridized carbons (Fsp3) is 0.200. The minimum Gasteiger partial charge on any atom is -0.493 e. The predicted molar refractivity (Wildman–Crippen MR) is 114 cm³/mol. The molecule has 3 N–H and O–H groups in total. The molecule has 146 valence electrons. The molecular weight excluding hydrogens is 398 g/mol. The van der Waals surface area contributed by atoms with E-state index in [4.69, 9.17) is 33.3 Å². The average Bonchev–Trinajstić information content (AvgIpc) is 2.68. The van der Waals surface area contributed by atoms with Crippen molar-refractivity contribution >= 4 is 40.5 Å². The SMILES string of the molecule is COc1ccc([C@@H]2NC(=S)NC(C)=C2C(=O)Nc2ccccc2Cl)cc1OC. The van der Waals surface area contributed by atoms with Gasteiger partial charge in [-0.3, -0.25) is 4.79 Å². The molecule has 6 nitrogen and oxygen atoms in total. The molecule has 1 atom stereocenters. The zero-order valence-corrected chi connectivity index (χ0v) is 17.2. The standard InChI is InChI=1S/C20H20ClN3O3S/c1-11-17(19(25)23-14-7-5-4-6-13(14)21)18(24-20(28)22-11)12-8-9-15(26-2)16(10-12)27-3/h4-10,18H,1-3H3,(H,23,25)(H2,22,24,28)/t18-/m0/s1. The number of hydrogen-bond acceptors (Lipinski definition) is 4. The van der Waals surface area contributed by atoms with E-state index in [1.807, 2.05) is 19.1 Å². The topological polar surface area (TPSA) is 71.6 Å². The van der Waals surface area contributed by atoms with Gasteiger partial charge in [0.25, 0.3) is 5.91 Å². The first kappa shape index (κ1) is 20.0. The third kappa shape index (κ3) is 4.05. The second kappa shape index (κ2) is 8.50. The van der Waals surface area contributed by atoms with Crippen LogP contribution in [0.15, 0.2) is 53.7 Å². The highest BCUT2D eigenvalue weighted by molar-refractivity contribution is 7.80. The number of para-hydroxylation sites is 1. The Bertz CT molecular complexity index is 961. The minimum atomic E-state index is -0.462. The van der Waals surface area contributed by atoms with E-state index < -0.39 is 6.04 Å². The van der Waals surface area contributed by atoms with E-state index >= 15 is 0 Å². The molecule has 1 heterocycles. The maximum atomic E-state index is 13.1. The molecule has 0 radical (unpaired) electrons. The van der Waals surface area contributed by atoms with Crippen molar-refractivity contribution in [1.82, 2.24) is 10.6 Å². The summed E-state index contributed by atoms with van der Waals surface area (Å²) in [5.41, 5.74) is 2.51. The molecule has 8 heteroatoms. The van der Waals surface area contributed by atoms with Crippen LogP contribution in [0.25, 0.3) is 0 Å². The van der Waals surface area contributed by atoms with Gasteiger partial charge in [0.1, 0.15) is 0 Å². The number of halogens is 1. The third-order valence-corrected chi connectivity index (χ3v) is 4.93. The molecule has 1 amide bonds. The molecular formula is C20H20ClN3O3S. The van der Waals surface area contributed by atoms with Gasteiger partial charge in [-0.05, 0) is 49.0 Å². The van der Waals surface area contributed by atoms with Crippen molar-refractivity contribution in [3.8, 4) is 11.5 Å². The Kier molecular flexibility index (Phi) is 6.06. The number of carbonyl (C=O) groups excluding carboxylic acids is 1. The van der Waals surface area contributed by atoms with E-state index in [0.717, 1.165) is 5.56 Å². The number of carbonyl (C=O) groups is 1. The minimum absolute atomic E-state index is 0.284. The predicted octanol–water partition coefficient (Wildman–Crippen LogP) is 3.79. The second-order valence-corrected chi connectivity index (χ2v) is 6.93. The molecule has 28 heavy (non-hydrogen) atoms. The van der Waals surface area contributed by atoms with Gasteiger partial charge < -0.3 is 25.4 Å². The quantitative estimate of drug-likeness (QED) is 0.643. The maximum Gasteiger partial charge on any atom is 0.255 e. The molecule has 0 unspecified atom stereocenters. The number of ether oxygens (including phenoxy) is 2. The Morgan fingerprint density at radius 2 is 1.86 bits per heavy atom. The lowest BCUT2D eigenvalue weighted by Crippen LogP contribution is -2.45. The van der Waals surface area contributed by atoms with Crippen molar-refractivity contribution in [2.75, 3.05) is 19.5 Å². The number of methoxy groups -OCH3 is 2. The Morgan fingerprint density at radius 1 is 1.14 bits per heavy atom. The third-order valence-electron chi connectivity index (χ3n) is 4.38. The number of nitrogens with one attached hydrogen (secondary N) is 3. The van der Waals surface area contributed by atoms with Crippen molar-refractivity contribution in [3.05, 3.63) is 64.3 Å². The zero-order chi connectivity index (χ0) is 20.3. The van der Waals surface area contributed by atoms with Gasteiger partial charge in [0.15, 0.2) is 16.6 Å². The summed E-state index contributed by atoms with van der Waals surface area (Å²) in [5, 5.41) is 9.93. The second-order valence-electron chi connectivity index (χ2n) is 6.12. The van der Waals surface area contributed by atoms with E-state index in [-0.39, 0.29) is 5.91 Å². The van der Waals surface area contributed by atoms with Gasteiger partial charge in [0.2, 0.25) is 0 Å². The zero-order valence-electron chi connectivity index (χ0n) is 15.6. The highest BCUT2D eigenvalue weighted by Crippen LogP contribution is 2.34. The van der Waals surface area contributed by atoms with Crippen LogP contribution in [-0.2, 0) is 4.79 Å². The summed E-state index contributed by atoms with van der Waals surface area (Å²) in [4.78, 5) is 13.1. The van der Waals surface area contributed by atoms with Gasteiger partial charge >= 0.3 is 0 Å². The summed E-state index contributed by atoms with van der Waals surface area (Å²) in [7, 11) is 3.14. The Labute approximate surface area is 173 Å². The van der Waals surface area contributed by atoms with E-state index in [0.29, 0.717) is 38.6 Å². The lowest BCUT2D eigenvalue weighted by molar-refractivity contribution is -0.113. The van der Waals surface area contributed by atoms with Crippen molar-refractivity contribution in [2.45, 2.75) is 13.0 Å². The van der Waals surface area contributed by atoms with Crippen molar-refractivity contribution in [3.63, 3.8) is 0 Å². The number of anilines is 1. The number of hydrogen-bond donors (Lipinski definition) is 3. The van der Waals surface area contributed by atoms with E-state index in [1.165, 1.54) is 0 Å². The van der Waals surface area contributed by atoms with Crippen LogP contribution in [0.1, 0.15) is 18.5 Å². The monoisotopic (exact) mass is 417 g/mol. The lowest BCUT2D eigenvalue weighted by atomic mass is 9.94. The number of amides is 1. The van der Waals surface area contributed by atoms with Crippen LogP contribution in [0, 0.1) is 0 Å². The molecule has 2 aromatic carbocycles. The molecule has 0 spiro atoms. The van der Waals surface area contributed by atoms with Crippen LogP contribution in [0.4, 0.5) is 5.69 Å². The van der Waals surface area contributed by atoms with Crippen LogP contribution >= 0.6 is 23.8 Å². The Balaban J connectivity index is 1.99. The fourth-order valence-electron chi connectivity index (χ4n) is 3.03. The van der Waals surface area contributed by atoms with E-state index in [9.17, 15) is 4.79 Å². The Hall–Kier alpha value is -2.77. The summed E-state index contributed by atoms with van der Waals surface area (Å²) < 4.78 is 10.7. The number of benzene rings is 2. The molecule has 1 aliphatic rings. The summed E-state index contributed by atoms with van der Waals surface area (Å²) >= 11 is 11.5. The summed E-state index contributed by atoms with van der Waals surface area (Å²) in [6, 6.07) is 12.1. The van der Waals surface area contributed by atoms with Crippen LogP contribution in [0.3, 0.4) is 0 Å². The lowest BCUT2D eigenvalue weighted by Gasteiger charge is -2.30. The molecule has 1 aliphatic heterocycles. The first-order valence-electron chi connectivity index (χ1n) is 8.50. The fourth-order valence-corrected chi connectivity index (χ4v) is 3.48. The van der Waals surface area contributed by atoms with Crippen molar-refractivity contribution in [2.24, 2.45) is 0 Å². The molecule has 0 aliphatic carbocycles. The van der Waals surface area contributed by atoms with Crippen molar-refractivity contribution in [1.29, 1.82) is 0 Å². The van der Waals surface area contributed by atoms with Crippen LogP contribution in [-0.4, -0.2) is 25.2 Å². The van der Waals surface area contributed by atoms with Crippen LogP contribution in [0.5, 0.6) is 11.5 Å². The summed E-state index contributed by atoms with van der Waals surface area (Å²) in [6.45, 7) is 1.81. The van der Waals surface area contributed by atoms with Gasteiger partial charge in [0.05, 0.1) is 36.5 Å². The first-order valence-corrected chi connectivity index (χ1v) is 9.29. The number of thiocarbonyl (C=S) groups is 1. The molecule has 0 saturated carbocycles. The molecule has 0 saturated heterocycles. The maximum absolute atomic E-state index is 13.1. The van der Waals surface area contributed by atoms with Gasteiger partial charge in [0, 0.05) is 5.70 Å². The molecule has 0 fully saturated rings. The van der Waals surface area contributed by atoms with Gasteiger partial charge in [-0.25, -0.2) is 0 Å². The Morgan fingerprint density at radius 3 is 2.54 bits per heavy atom. The summed E-state index contributed by atoms with van der Waals surface area (Å²) in [6.07, 6.45) is 0. The number of rotatable bonds is 5. The molecule has 3 rings (SSSR count).